The van der Waals surface area contributed by atoms with Crippen molar-refractivity contribution in [3.63, 3.8) is 0 Å². The summed E-state index contributed by atoms with van der Waals surface area (Å²) in [5.74, 6) is 0. The van der Waals surface area contributed by atoms with Gasteiger partial charge in [0.1, 0.15) is 0 Å². The molecule has 0 amide bonds. The minimum absolute atomic E-state index is 0.0144. The zero-order valence-corrected chi connectivity index (χ0v) is 11.1. The number of nitrogens with one attached hydrogen (secondary N) is 1. The first kappa shape index (κ1) is 13.9. The molecule has 1 fully saturated rings. The highest BCUT2D eigenvalue weighted by Gasteiger charge is 2.21. The van der Waals surface area contributed by atoms with Crippen LogP contribution >= 0.6 is 0 Å². The van der Waals surface area contributed by atoms with Crippen LogP contribution in [0.3, 0.4) is 0 Å². The fourth-order valence-corrected chi connectivity index (χ4v) is 2.15. The number of piperidine rings is 1. The van der Waals surface area contributed by atoms with Crippen LogP contribution in [-0.2, 0) is 0 Å². The molecule has 3 nitrogen and oxygen atoms in total. The molecule has 2 N–H and O–H groups in total. The average molecular weight is 228 g/mol. The minimum atomic E-state index is 0.0144. The van der Waals surface area contributed by atoms with Crippen molar-refractivity contribution >= 4 is 0 Å². The zero-order valence-electron chi connectivity index (χ0n) is 11.1. The maximum absolute atomic E-state index is 9.19. The molecule has 16 heavy (non-hydrogen) atoms. The van der Waals surface area contributed by atoms with Gasteiger partial charge in [-0.25, -0.2) is 0 Å². The highest BCUT2D eigenvalue weighted by atomic mass is 16.3. The van der Waals surface area contributed by atoms with E-state index in [0.717, 1.165) is 6.54 Å². The van der Waals surface area contributed by atoms with E-state index in [9.17, 15) is 5.11 Å². The Kier molecular flexibility index (Phi) is 5.73. The number of nitrogens with zero attached hydrogens (tertiary/aromatic N) is 1. The predicted octanol–water partition coefficient (Wildman–Crippen LogP) is 1.47. The van der Waals surface area contributed by atoms with Gasteiger partial charge in [0.25, 0.3) is 0 Å². The van der Waals surface area contributed by atoms with Crippen molar-refractivity contribution in [2.24, 2.45) is 5.41 Å². The van der Waals surface area contributed by atoms with E-state index in [1.165, 1.54) is 38.9 Å². The summed E-state index contributed by atoms with van der Waals surface area (Å²) in [5, 5.41) is 12.8. The van der Waals surface area contributed by atoms with Gasteiger partial charge in [-0.05, 0) is 38.9 Å². The minimum Gasteiger partial charge on any atom is -0.396 e. The van der Waals surface area contributed by atoms with Crippen LogP contribution < -0.4 is 5.32 Å². The molecule has 0 aromatic rings. The Hall–Kier alpha value is -0.120. The highest BCUT2D eigenvalue weighted by Crippen LogP contribution is 2.15. The van der Waals surface area contributed by atoms with Gasteiger partial charge >= 0.3 is 0 Å². The van der Waals surface area contributed by atoms with Gasteiger partial charge < -0.3 is 15.3 Å². The third kappa shape index (κ3) is 4.81. The third-order valence-electron chi connectivity index (χ3n) is 3.42. The van der Waals surface area contributed by atoms with E-state index in [2.05, 4.69) is 31.0 Å². The van der Waals surface area contributed by atoms with Gasteiger partial charge in [-0.15, -0.1) is 0 Å². The van der Waals surface area contributed by atoms with Crippen LogP contribution in [-0.4, -0.2) is 48.8 Å². The molecule has 0 atom stereocenters. The molecule has 0 bridgehead atoms. The second-order valence-corrected chi connectivity index (χ2v) is 5.82. The van der Waals surface area contributed by atoms with Crippen molar-refractivity contribution in [3.05, 3.63) is 0 Å². The second-order valence-electron chi connectivity index (χ2n) is 5.82. The molecule has 0 saturated carbocycles. The van der Waals surface area contributed by atoms with Crippen molar-refractivity contribution in [2.45, 2.75) is 46.1 Å². The molecular weight excluding hydrogens is 200 g/mol. The molecule has 3 heteroatoms. The molecule has 0 spiro atoms. The summed E-state index contributed by atoms with van der Waals surface area (Å²) in [6, 6.07) is 0.652. The van der Waals surface area contributed by atoms with E-state index in [0.29, 0.717) is 6.04 Å². The van der Waals surface area contributed by atoms with Gasteiger partial charge in [0.05, 0.1) is 0 Å². The van der Waals surface area contributed by atoms with Crippen LogP contribution in [0.1, 0.15) is 40.0 Å². The molecule has 1 aliphatic heterocycles. The smallest absolute Gasteiger partial charge is 0.0494 e. The third-order valence-corrected chi connectivity index (χ3v) is 3.42. The number of hydrogen-bond donors (Lipinski definition) is 2. The van der Waals surface area contributed by atoms with Crippen LogP contribution in [0.4, 0.5) is 0 Å². The van der Waals surface area contributed by atoms with Crippen LogP contribution in [0.25, 0.3) is 0 Å². The predicted molar refractivity (Wildman–Crippen MR) is 68.6 cm³/mol. The lowest BCUT2D eigenvalue weighted by Gasteiger charge is -2.34. The number of aliphatic hydroxyl groups excluding tert-OH is 1. The number of likely N-dealkylation sites (tertiary alicyclic amines) is 1. The Balaban J connectivity index is 2.17. The summed E-state index contributed by atoms with van der Waals surface area (Å²) in [6.45, 7) is 11.3. The van der Waals surface area contributed by atoms with Crippen molar-refractivity contribution in [3.8, 4) is 0 Å². The SMILES string of the molecule is CCCN1CCC(NCC(C)(C)CO)CC1. The summed E-state index contributed by atoms with van der Waals surface area (Å²) >= 11 is 0. The fraction of sp³-hybridized carbons (Fsp3) is 1.00. The largest absolute Gasteiger partial charge is 0.396 e. The monoisotopic (exact) mass is 228 g/mol. The molecule has 0 radical (unpaired) electrons. The maximum atomic E-state index is 9.19. The van der Waals surface area contributed by atoms with E-state index in [4.69, 9.17) is 0 Å². The van der Waals surface area contributed by atoms with E-state index < -0.39 is 0 Å². The molecule has 0 unspecified atom stereocenters. The molecule has 1 aliphatic rings. The molecule has 1 saturated heterocycles. The van der Waals surface area contributed by atoms with Gasteiger partial charge in [-0.3, -0.25) is 0 Å². The van der Waals surface area contributed by atoms with E-state index in [1.54, 1.807) is 0 Å². The molecule has 1 rings (SSSR count). The summed E-state index contributed by atoms with van der Waals surface area (Å²) < 4.78 is 0. The number of hydrogen-bond acceptors (Lipinski definition) is 3. The van der Waals surface area contributed by atoms with E-state index in [-0.39, 0.29) is 12.0 Å². The summed E-state index contributed by atoms with van der Waals surface area (Å²) in [4.78, 5) is 2.55. The van der Waals surface area contributed by atoms with Crippen molar-refractivity contribution in [2.75, 3.05) is 32.8 Å². The second kappa shape index (κ2) is 6.58. The molecule has 1 heterocycles. The molecular formula is C13H28N2O. The first-order valence-corrected chi connectivity index (χ1v) is 6.64. The van der Waals surface area contributed by atoms with Crippen LogP contribution in [0.2, 0.25) is 0 Å². The van der Waals surface area contributed by atoms with Gasteiger partial charge in [0.2, 0.25) is 0 Å². The van der Waals surface area contributed by atoms with Crippen molar-refractivity contribution in [1.82, 2.24) is 10.2 Å². The summed E-state index contributed by atoms with van der Waals surface area (Å²) in [5.41, 5.74) is 0.0144. The Morgan fingerprint density at radius 2 is 1.94 bits per heavy atom. The molecule has 0 aromatic carbocycles. The topological polar surface area (TPSA) is 35.5 Å². The molecule has 96 valence electrons. The summed E-state index contributed by atoms with van der Waals surface area (Å²) in [7, 11) is 0. The highest BCUT2D eigenvalue weighted by molar-refractivity contribution is 4.80. The van der Waals surface area contributed by atoms with Gasteiger partial charge in [0, 0.05) is 24.6 Å². The van der Waals surface area contributed by atoms with Crippen LogP contribution in [0.5, 0.6) is 0 Å². The first-order chi connectivity index (χ1) is 7.57. The van der Waals surface area contributed by atoms with Crippen LogP contribution in [0.15, 0.2) is 0 Å². The van der Waals surface area contributed by atoms with E-state index in [1.807, 2.05) is 0 Å². The normalized spacial score (nSPS) is 20.2. The summed E-state index contributed by atoms with van der Waals surface area (Å²) in [6.07, 6.45) is 3.76. The molecule has 0 aliphatic carbocycles. The van der Waals surface area contributed by atoms with E-state index >= 15 is 0 Å². The Bertz CT molecular complexity index is 186. The Morgan fingerprint density at radius 3 is 2.44 bits per heavy atom. The first-order valence-electron chi connectivity index (χ1n) is 6.64. The fourth-order valence-electron chi connectivity index (χ4n) is 2.15. The van der Waals surface area contributed by atoms with Gasteiger partial charge in [-0.2, -0.15) is 0 Å². The average Bonchev–Trinajstić information content (AvgIpc) is 2.29. The lowest BCUT2D eigenvalue weighted by molar-refractivity contribution is 0.140. The quantitative estimate of drug-likeness (QED) is 0.722. The van der Waals surface area contributed by atoms with Crippen molar-refractivity contribution < 1.29 is 5.11 Å². The molecule has 0 aromatic heterocycles. The maximum Gasteiger partial charge on any atom is 0.0494 e. The zero-order chi connectivity index (χ0) is 12.0. The van der Waals surface area contributed by atoms with Crippen molar-refractivity contribution in [1.29, 1.82) is 0 Å². The number of rotatable bonds is 6. The number of aliphatic hydroxyl groups is 1. The standard InChI is InChI=1S/C13H28N2O/c1-4-7-15-8-5-12(6-9-15)14-10-13(2,3)11-16/h12,14,16H,4-11H2,1-3H3. The lowest BCUT2D eigenvalue weighted by Crippen LogP contribution is -2.45. The Labute approximate surface area is 100 Å². The lowest BCUT2D eigenvalue weighted by atomic mass is 9.93. The van der Waals surface area contributed by atoms with Gasteiger partial charge in [0.15, 0.2) is 0 Å². The Morgan fingerprint density at radius 1 is 1.31 bits per heavy atom. The van der Waals surface area contributed by atoms with Gasteiger partial charge in [-0.1, -0.05) is 20.8 Å². The van der Waals surface area contributed by atoms with Crippen LogP contribution in [0, 0.1) is 5.41 Å².